The average molecular weight is 394 g/mol. The lowest BCUT2D eigenvalue weighted by molar-refractivity contribution is 0.228. The van der Waals surface area contributed by atoms with E-state index in [2.05, 4.69) is 58.0 Å². The predicted molar refractivity (Wildman–Crippen MR) is 116 cm³/mol. The Morgan fingerprint density at radius 3 is 2.57 bits per heavy atom. The number of hydrogen-bond acceptors (Lipinski definition) is 2. The molecule has 0 spiro atoms. The lowest BCUT2D eigenvalue weighted by Crippen LogP contribution is -2.38. The normalized spacial score (nSPS) is 15.5. The Morgan fingerprint density at radius 1 is 1.00 bits per heavy atom. The summed E-state index contributed by atoms with van der Waals surface area (Å²) in [6.45, 7) is 2.68. The molecule has 1 aliphatic heterocycles. The molecule has 1 aliphatic rings. The SMILES string of the molecule is O=C(NC[C@@H](c1cccc2ccccc12)N1CCCC1)Nc1cccc(Cl)c1. The molecule has 28 heavy (non-hydrogen) atoms. The van der Waals surface area contributed by atoms with Crippen molar-refractivity contribution in [3.8, 4) is 0 Å². The number of fused-ring (bicyclic) bond motifs is 1. The Bertz CT molecular complexity index is 963. The molecule has 5 heteroatoms. The van der Waals surface area contributed by atoms with Gasteiger partial charge in [-0.1, -0.05) is 60.1 Å². The lowest BCUT2D eigenvalue weighted by Gasteiger charge is -2.29. The third-order valence-corrected chi connectivity index (χ3v) is 5.54. The minimum atomic E-state index is -0.216. The van der Waals surface area contributed by atoms with Crippen LogP contribution in [0.2, 0.25) is 5.02 Å². The number of halogens is 1. The van der Waals surface area contributed by atoms with E-state index in [1.165, 1.54) is 29.2 Å². The first kappa shape index (κ1) is 18.8. The van der Waals surface area contributed by atoms with Gasteiger partial charge in [0.05, 0.1) is 6.04 Å². The number of benzene rings is 3. The van der Waals surface area contributed by atoms with E-state index < -0.39 is 0 Å². The molecule has 1 heterocycles. The molecule has 4 nitrogen and oxygen atoms in total. The topological polar surface area (TPSA) is 44.4 Å². The van der Waals surface area contributed by atoms with Gasteiger partial charge in [0.25, 0.3) is 0 Å². The van der Waals surface area contributed by atoms with E-state index in [1.807, 2.05) is 12.1 Å². The summed E-state index contributed by atoms with van der Waals surface area (Å²) in [4.78, 5) is 14.9. The standard InChI is InChI=1S/C23H24ClN3O/c24-18-9-6-10-19(15-18)26-23(28)25-16-22(27-13-3-4-14-27)21-12-5-8-17-7-1-2-11-20(17)21/h1-2,5-12,15,22H,3-4,13-14,16H2,(H2,25,26,28)/t22-/m0/s1. The van der Waals surface area contributed by atoms with Gasteiger partial charge in [0, 0.05) is 17.3 Å². The van der Waals surface area contributed by atoms with Crippen molar-refractivity contribution in [1.82, 2.24) is 10.2 Å². The van der Waals surface area contributed by atoms with E-state index >= 15 is 0 Å². The molecule has 3 aromatic carbocycles. The maximum Gasteiger partial charge on any atom is 0.319 e. The molecule has 0 radical (unpaired) electrons. The van der Waals surface area contributed by atoms with Crippen LogP contribution in [0.25, 0.3) is 10.8 Å². The molecule has 1 saturated heterocycles. The highest BCUT2D eigenvalue weighted by atomic mass is 35.5. The van der Waals surface area contributed by atoms with Gasteiger partial charge in [0.1, 0.15) is 0 Å². The first-order chi connectivity index (χ1) is 13.7. The van der Waals surface area contributed by atoms with Crippen LogP contribution in [0, 0.1) is 0 Å². The number of hydrogen-bond donors (Lipinski definition) is 2. The zero-order valence-corrected chi connectivity index (χ0v) is 16.5. The number of rotatable bonds is 5. The van der Waals surface area contributed by atoms with Crippen LogP contribution in [0.15, 0.2) is 66.7 Å². The molecule has 1 atom stereocenters. The number of nitrogens with one attached hydrogen (secondary N) is 2. The molecule has 0 bridgehead atoms. The zero-order chi connectivity index (χ0) is 19.3. The zero-order valence-electron chi connectivity index (χ0n) is 15.7. The minimum absolute atomic E-state index is 0.152. The van der Waals surface area contributed by atoms with Crippen molar-refractivity contribution in [2.45, 2.75) is 18.9 Å². The van der Waals surface area contributed by atoms with Gasteiger partial charge < -0.3 is 10.6 Å². The number of urea groups is 1. The van der Waals surface area contributed by atoms with Gasteiger partial charge in [-0.2, -0.15) is 0 Å². The van der Waals surface area contributed by atoms with E-state index in [-0.39, 0.29) is 12.1 Å². The van der Waals surface area contributed by atoms with Crippen LogP contribution >= 0.6 is 11.6 Å². The van der Waals surface area contributed by atoms with Gasteiger partial charge >= 0.3 is 6.03 Å². The second kappa shape index (κ2) is 8.63. The molecular formula is C23H24ClN3O. The minimum Gasteiger partial charge on any atom is -0.336 e. The highest BCUT2D eigenvalue weighted by Gasteiger charge is 2.25. The van der Waals surface area contributed by atoms with Gasteiger partial charge in [-0.15, -0.1) is 0 Å². The van der Waals surface area contributed by atoms with E-state index in [0.717, 1.165) is 13.1 Å². The fourth-order valence-electron chi connectivity index (χ4n) is 3.96. The van der Waals surface area contributed by atoms with Crippen molar-refractivity contribution >= 4 is 34.1 Å². The molecule has 2 N–H and O–H groups in total. The van der Waals surface area contributed by atoms with E-state index in [9.17, 15) is 4.79 Å². The van der Waals surface area contributed by atoms with Gasteiger partial charge in [0.15, 0.2) is 0 Å². The second-order valence-corrected chi connectivity index (χ2v) is 7.61. The van der Waals surface area contributed by atoms with Crippen molar-refractivity contribution in [1.29, 1.82) is 0 Å². The van der Waals surface area contributed by atoms with Crippen molar-refractivity contribution in [3.63, 3.8) is 0 Å². The third-order valence-electron chi connectivity index (χ3n) is 5.30. The third kappa shape index (κ3) is 4.29. The number of anilines is 1. The Balaban J connectivity index is 1.53. The molecule has 3 aromatic rings. The van der Waals surface area contributed by atoms with Gasteiger partial charge in [-0.3, -0.25) is 4.90 Å². The summed E-state index contributed by atoms with van der Waals surface area (Å²) in [7, 11) is 0. The van der Waals surface area contributed by atoms with Crippen LogP contribution in [-0.4, -0.2) is 30.6 Å². The molecule has 0 saturated carbocycles. The van der Waals surface area contributed by atoms with Gasteiger partial charge in [-0.25, -0.2) is 4.79 Å². The summed E-state index contributed by atoms with van der Waals surface area (Å²) in [6, 6.07) is 22.0. The highest BCUT2D eigenvalue weighted by molar-refractivity contribution is 6.30. The van der Waals surface area contributed by atoms with Gasteiger partial charge in [-0.05, 0) is 60.5 Å². The van der Waals surface area contributed by atoms with Crippen LogP contribution < -0.4 is 10.6 Å². The lowest BCUT2D eigenvalue weighted by atomic mass is 9.97. The first-order valence-corrected chi connectivity index (χ1v) is 10.1. The van der Waals surface area contributed by atoms with Crippen LogP contribution in [-0.2, 0) is 0 Å². The summed E-state index contributed by atoms with van der Waals surface area (Å²) >= 11 is 6.00. The van der Waals surface area contributed by atoms with Crippen LogP contribution in [0.4, 0.5) is 10.5 Å². The molecule has 0 aliphatic carbocycles. The largest absolute Gasteiger partial charge is 0.336 e. The second-order valence-electron chi connectivity index (χ2n) is 7.17. The van der Waals surface area contributed by atoms with E-state index in [4.69, 9.17) is 11.6 Å². The maximum atomic E-state index is 12.5. The summed E-state index contributed by atoms with van der Waals surface area (Å²) < 4.78 is 0. The summed E-state index contributed by atoms with van der Waals surface area (Å²) in [6.07, 6.45) is 2.41. The molecule has 2 amide bonds. The molecule has 1 fully saturated rings. The molecule has 0 aromatic heterocycles. The Labute approximate surface area is 170 Å². The molecular weight excluding hydrogens is 370 g/mol. The van der Waals surface area contributed by atoms with Crippen molar-refractivity contribution in [2.24, 2.45) is 0 Å². The fourth-order valence-corrected chi connectivity index (χ4v) is 4.15. The number of likely N-dealkylation sites (tertiary alicyclic amines) is 1. The van der Waals surface area contributed by atoms with Crippen molar-refractivity contribution < 1.29 is 4.79 Å². The van der Waals surface area contributed by atoms with Crippen LogP contribution in [0.3, 0.4) is 0 Å². The molecule has 4 rings (SSSR count). The average Bonchev–Trinajstić information content (AvgIpc) is 3.23. The van der Waals surface area contributed by atoms with E-state index in [1.54, 1.807) is 12.1 Å². The first-order valence-electron chi connectivity index (χ1n) is 9.73. The summed E-state index contributed by atoms with van der Waals surface area (Å²) in [5.41, 5.74) is 1.95. The Hall–Kier alpha value is -2.56. The Kier molecular flexibility index (Phi) is 5.79. The molecule has 144 valence electrons. The van der Waals surface area contributed by atoms with Crippen molar-refractivity contribution in [3.05, 3.63) is 77.3 Å². The van der Waals surface area contributed by atoms with E-state index in [0.29, 0.717) is 17.3 Å². The molecule has 0 unspecified atom stereocenters. The number of carbonyl (C=O) groups excluding carboxylic acids is 1. The van der Waals surface area contributed by atoms with Crippen LogP contribution in [0.5, 0.6) is 0 Å². The number of amides is 2. The monoisotopic (exact) mass is 393 g/mol. The quantitative estimate of drug-likeness (QED) is 0.605. The summed E-state index contributed by atoms with van der Waals surface area (Å²) in [5.74, 6) is 0. The Morgan fingerprint density at radius 2 is 1.75 bits per heavy atom. The smallest absolute Gasteiger partial charge is 0.319 e. The maximum absolute atomic E-state index is 12.5. The number of carbonyl (C=O) groups is 1. The predicted octanol–water partition coefficient (Wildman–Crippen LogP) is 5.45. The summed E-state index contributed by atoms with van der Waals surface area (Å²) in [5, 5.41) is 9.00. The highest BCUT2D eigenvalue weighted by Crippen LogP contribution is 2.30. The fraction of sp³-hybridized carbons (Fsp3) is 0.261. The number of nitrogens with zero attached hydrogens (tertiary/aromatic N) is 1. The van der Waals surface area contributed by atoms with Crippen molar-refractivity contribution in [2.75, 3.05) is 25.0 Å². The van der Waals surface area contributed by atoms with Crippen LogP contribution in [0.1, 0.15) is 24.4 Å². The van der Waals surface area contributed by atoms with Gasteiger partial charge in [0.2, 0.25) is 0 Å².